The molecule has 0 fully saturated rings. The minimum Gasteiger partial charge on any atom is -0.388 e. The molecule has 0 unspecified atom stereocenters. The SMILES string of the molecule is CCCCCCO[C@H](COC(c1ccccc1)(c1ccccc1)c1ccccc1)[C@@H](O)[C@H](O)[C@@H](COC(c1ccccc1)(c1ccccc1)c1ccccc1)OCCCCCC. The lowest BCUT2D eigenvalue weighted by Crippen LogP contribution is -2.51. The van der Waals surface area contributed by atoms with Crippen LogP contribution in [0.1, 0.15) is 98.6 Å². The first-order valence-corrected chi connectivity index (χ1v) is 22.7. The van der Waals surface area contributed by atoms with E-state index in [1.165, 1.54) is 0 Å². The first-order chi connectivity index (χ1) is 30.5. The summed E-state index contributed by atoms with van der Waals surface area (Å²) in [6.07, 6.45) is 3.43. The summed E-state index contributed by atoms with van der Waals surface area (Å²) in [6.45, 7) is 5.14. The average molecular weight is 835 g/mol. The quantitative estimate of drug-likeness (QED) is 0.0398. The Balaban J connectivity index is 1.36. The van der Waals surface area contributed by atoms with Gasteiger partial charge in [-0.05, 0) is 46.2 Å². The minimum atomic E-state index is -1.38. The molecule has 326 valence electrons. The maximum atomic E-state index is 12.5. The molecule has 6 heteroatoms. The molecule has 6 nitrogen and oxygen atoms in total. The van der Waals surface area contributed by atoms with Crippen molar-refractivity contribution in [1.29, 1.82) is 0 Å². The van der Waals surface area contributed by atoms with Crippen LogP contribution in [0.3, 0.4) is 0 Å². The van der Waals surface area contributed by atoms with Crippen LogP contribution in [0.15, 0.2) is 182 Å². The fourth-order valence-electron chi connectivity index (χ4n) is 8.41. The lowest BCUT2D eigenvalue weighted by atomic mass is 9.80. The Morgan fingerprint density at radius 2 is 0.597 bits per heavy atom. The highest BCUT2D eigenvalue weighted by Gasteiger charge is 2.43. The van der Waals surface area contributed by atoms with Crippen LogP contribution < -0.4 is 0 Å². The van der Waals surface area contributed by atoms with E-state index in [2.05, 4.69) is 86.6 Å². The first-order valence-electron chi connectivity index (χ1n) is 22.7. The van der Waals surface area contributed by atoms with Gasteiger partial charge < -0.3 is 29.2 Å². The highest BCUT2D eigenvalue weighted by Crippen LogP contribution is 2.42. The summed E-state index contributed by atoms with van der Waals surface area (Å²) >= 11 is 0. The zero-order chi connectivity index (χ0) is 43.3. The van der Waals surface area contributed by atoms with Crippen LogP contribution in [0.5, 0.6) is 0 Å². The molecule has 0 aliphatic carbocycles. The molecule has 0 saturated heterocycles. The molecule has 0 heterocycles. The van der Waals surface area contributed by atoms with E-state index in [1.54, 1.807) is 0 Å². The summed E-state index contributed by atoms with van der Waals surface area (Å²) in [5.41, 5.74) is 3.55. The van der Waals surface area contributed by atoms with Crippen molar-refractivity contribution >= 4 is 0 Å². The number of rotatable bonds is 27. The van der Waals surface area contributed by atoms with E-state index in [4.69, 9.17) is 18.9 Å². The number of aliphatic hydroxyl groups excluding tert-OH is 2. The van der Waals surface area contributed by atoms with Crippen molar-refractivity contribution in [2.75, 3.05) is 26.4 Å². The molecule has 4 atom stereocenters. The first kappa shape index (κ1) is 46.6. The molecule has 0 bridgehead atoms. The van der Waals surface area contributed by atoms with Crippen molar-refractivity contribution in [1.82, 2.24) is 0 Å². The number of benzene rings is 6. The standard InChI is InChI=1S/C56H66O6/c1-3-5-7-27-41-59-51(43-61-55(45-29-15-9-16-30-45,46-31-17-10-18-32-46)47-33-19-11-20-34-47)53(57)54(58)52(60-42-28-8-6-4-2)44-62-56(48-35-21-12-22-36-48,49-37-23-13-24-38-49)50-39-25-14-26-40-50/h9-26,29-40,51-54,57-58H,3-8,27-28,41-44H2,1-2H3/t51-,52-,53-,54-/m1/s1. The Labute approximate surface area is 370 Å². The van der Waals surface area contributed by atoms with E-state index in [-0.39, 0.29) is 13.2 Å². The summed E-state index contributed by atoms with van der Waals surface area (Å²) in [6, 6.07) is 61.1. The zero-order valence-corrected chi connectivity index (χ0v) is 36.6. The van der Waals surface area contributed by atoms with Crippen LogP contribution >= 0.6 is 0 Å². The average Bonchev–Trinajstić information content (AvgIpc) is 3.34. The Hall–Kier alpha value is -4.92. The highest BCUT2D eigenvalue weighted by atomic mass is 16.6. The van der Waals surface area contributed by atoms with Gasteiger partial charge in [0, 0.05) is 13.2 Å². The van der Waals surface area contributed by atoms with Crippen LogP contribution in [0.4, 0.5) is 0 Å². The second kappa shape index (κ2) is 24.6. The van der Waals surface area contributed by atoms with E-state index >= 15 is 0 Å². The second-order valence-electron chi connectivity index (χ2n) is 16.1. The van der Waals surface area contributed by atoms with Gasteiger partial charge in [-0.15, -0.1) is 0 Å². The fourth-order valence-corrected chi connectivity index (χ4v) is 8.41. The molecule has 6 aromatic carbocycles. The van der Waals surface area contributed by atoms with E-state index in [0.29, 0.717) is 13.2 Å². The van der Waals surface area contributed by atoms with Gasteiger partial charge in [-0.1, -0.05) is 234 Å². The second-order valence-corrected chi connectivity index (χ2v) is 16.1. The molecule has 2 N–H and O–H groups in total. The highest BCUT2D eigenvalue weighted by molar-refractivity contribution is 5.49. The Morgan fingerprint density at radius 3 is 0.823 bits per heavy atom. The molecular formula is C56H66O6. The number of hydrogen-bond donors (Lipinski definition) is 2. The molecule has 0 aromatic heterocycles. The predicted molar refractivity (Wildman–Crippen MR) is 250 cm³/mol. The number of unbranched alkanes of at least 4 members (excludes halogenated alkanes) is 6. The fraction of sp³-hybridized carbons (Fsp3) is 0.357. The van der Waals surface area contributed by atoms with Crippen LogP contribution in [-0.4, -0.2) is 61.1 Å². The molecule has 0 radical (unpaired) electrons. The van der Waals surface area contributed by atoms with Crippen molar-refractivity contribution in [3.8, 4) is 0 Å². The summed E-state index contributed by atoms with van der Waals surface area (Å²) < 4.78 is 27.7. The number of ether oxygens (including phenoxy) is 4. The third-order valence-corrected chi connectivity index (χ3v) is 11.8. The van der Waals surface area contributed by atoms with E-state index in [0.717, 1.165) is 84.7 Å². The summed E-state index contributed by atoms with van der Waals surface area (Å²) in [7, 11) is 0. The van der Waals surface area contributed by atoms with Gasteiger partial charge in [-0.2, -0.15) is 0 Å². The van der Waals surface area contributed by atoms with Crippen molar-refractivity contribution in [2.45, 2.75) is 101 Å². The molecule has 0 amide bonds. The third-order valence-electron chi connectivity index (χ3n) is 11.8. The van der Waals surface area contributed by atoms with Gasteiger partial charge in [0.15, 0.2) is 0 Å². The number of hydrogen-bond acceptors (Lipinski definition) is 6. The third kappa shape index (κ3) is 11.8. The summed E-state index contributed by atoms with van der Waals surface area (Å²) in [5, 5.41) is 25.0. The van der Waals surface area contributed by atoms with Crippen LogP contribution in [0, 0.1) is 0 Å². The molecule has 0 spiro atoms. The van der Waals surface area contributed by atoms with Gasteiger partial charge in [-0.25, -0.2) is 0 Å². The van der Waals surface area contributed by atoms with Crippen molar-refractivity contribution in [3.63, 3.8) is 0 Å². The van der Waals surface area contributed by atoms with Gasteiger partial charge in [0.2, 0.25) is 0 Å². The molecular weight excluding hydrogens is 769 g/mol. The minimum absolute atomic E-state index is 0.0171. The monoisotopic (exact) mass is 834 g/mol. The predicted octanol–water partition coefficient (Wildman–Crippen LogP) is 11.7. The molecule has 0 aliphatic rings. The van der Waals surface area contributed by atoms with E-state index < -0.39 is 35.6 Å². The molecule has 0 aliphatic heterocycles. The smallest absolute Gasteiger partial charge is 0.143 e. The molecule has 0 saturated carbocycles. The van der Waals surface area contributed by atoms with Crippen LogP contribution in [-0.2, 0) is 30.1 Å². The topological polar surface area (TPSA) is 77.4 Å². The van der Waals surface area contributed by atoms with Crippen molar-refractivity contribution < 1.29 is 29.2 Å². The zero-order valence-electron chi connectivity index (χ0n) is 36.6. The number of aliphatic hydroxyl groups is 2. The largest absolute Gasteiger partial charge is 0.388 e. The van der Waals surface area contributed by atoms with Gasteiger partial charge in [0.05, 0.1) is 13.2 Å². The van der Waals surface area contributed by atoms with E-state index in [9.17, 15) is 10.2 Å². The van der Waals surface area contributed by atoms with E-state index in [1.807, 2.05) is 109 Å². The Bertz CT molecular complexity index is 1720. The lowest BCUT2D eigenvalue weighted by Gasteiger charge is -2.40. The van der Waals surface area contributed by atoms with Gasteiger partial charge in [-0.3, -0.25) is 0 Å². The van der Waals surface area contributed by atoms with Crippen LogP contribution in [0.2, 0.25) is 0 Å². The summed E-state index contributed by atoms with van der Waals surface area (Å²) in [4.78, 5) is 0. The lowest BCUT2D eigenvalue weighted by molar-refractivity contribution is -0.177. The van der Waals surface area contributed by atoms with Gasteiger partial charge in [0.25, 0.3) is 0 Å². The van der Waals surface area contributed by atoms with Gasteiger partial charge >= 0.3 is 0 Å². The van der Waals surface area contributed by atoms with Crippen molar-refractivity contribution in [2.24, 2.45) is 0 Å². The summed E-state index contributed by atoms with van der Waals surface area (Å²) in [5.74, 6) is 0. The Kier molecular flexibility index (Phi) is 18.5. The van der Waals surface area contributed by atoms with Gasteiger partial charge in [0.1, 0.15) is 35.6 Å². The van der Waals surface area contributed by atoms with Crippen LogP contribution in [0.25, 0.3) is 0 Å². The van der Waals surface area contributed by atoms with Crippen molar-refractivity contribution in [3.05, 3.63) is 215 Å². The molecule has 62 heavy (non-hydrogen) atoms. The normalized spacial score (nSPS) is 13.9. The maximum Gasteiger partial charge on any atom is 0.143 e. The Morgan fingerprint density at radius 1 is 0.355 bits per heavy atom. The maximum absolute atomic E-state index is 12.5. The molecule has 6 aromatic rings. The molecule has 6 rings (SSSR count).